The van der Waals surface area contributed by atoms with Crippen LogP contribution in [0.4, 0.5) is 11.4 Å². The van der Waals surface area contributed by atoms with Crippen molar-refractivity contribution < 1.29 is 22.7 Å². The fraction of sp³-hybridized carbons (Fsp3) is 0.179. The van der Waals surface area contributed by atoms with Crippen LogP contribution in [0.5, 0.6) is 11.5 Å². The summed E-state index contributed by atoms with van der Waals surface area (Å²) in [6.07, 6.45) is 0. The molecule has 0 saturated heterocycles. The number of fused-ring (bicyclic) bond motifs is 1. The summed E-state index contributed by atoms with van der Waals surface area (Å²) in [6.45, 7) is 3.35. The second-order valence-corrected chi connectivity index (χ2v) is 10.2. The highest BCUT2D eigenvalue weighted by molar-refractivity contribution is 7.93. The van der Waals surface area contributed by atoms with Crippen LogP contribution in [0, 0.1) is 13.8 Å². The summed E-state index contributed by atoms with van der Waals surface area (Å²) < 4.78 is 39.9. The molecule has 0 spiro atoms. The Bertz CT molecular complexity index is 1530. The van der Waals surface area contributed by atoms with Crippen LogP contribution in [-0.4, -0.2) is 35.1 Å². The van der Waals surface area contributed by atoms with Crippen LogP contribution in [0.25, 0.3) is 10.8 Å². The van der Waals surface area contributed by atoms with Gasteiger partial charge in [-0.3, -0.25) is 9.10 Å². The maximum Gasteiger partial charge on any atom is 0.265 e. The van der Waals surface area contributed by atoms with E-state index in [4.69, 9.17) is 9.47 Å². The Kier molecular flexibility index (Phi) is 7.17. The first-order chi connectivity index (χ1) is 17.3. The lowest BCUT2D eigenvalue weighted by Crippen LogP contribution is -2.38. The molecule has 0 fully saturated rings. The van der Waals surface area contributed by atoms with Crippen LogP contribution >= 0.6 is 0 Å². The topological polar surface area (TPSA) is 84.9 Å². The number of carbonyl (C=O) groups excluding carboxylic acids is 1. The molecule has 1 N–H and O–H groups in total. The van der Waals surface area contributed by atoms with Crippen LogP contribution in [0.2, 0.25) is 0 Å². The highest BCUT2D eigenvalue weighted by atomic mass is 32.2. The zero-order valence-corrected chi connectivity index (χ0v) is 21.4. The van der Waals surface area contributed by atoms with Crippen LogP contribution in [0.1, 0.15) is 11.1 Å². The second-order valence-electron chi connectivity index (χ2n) is 8.33. The minimum absolute atomic E-state index is 0.139. The Morgan fingerprint density at radius 3 is 2.31 bits per heavy atom. The van der Waals surface area contributed by atoms with E-state index in [1.54, 1.807) is 54.6 Å². The van der Waals surface area contributed by atoms with Crippen molar-refractivity contribution in [3.63, 3.8) is 0 Å². The fourth-order valence-corrected chi connectivity index (χ4v) is 5.79. The Morgan fingerprint density at radius 2 is 1.56 bits per heavy atom. The summed E-state index contributed by atoms with van der Waals surface area (Å²) in [6, 6.07) is 22.8. The van der Waals surface area contributed by atoms with Gasteiger partial charge in [-0.15, -0.1) is 0 Å². The molecule has 36 heavy (non-hydrogen) atoms. The van der Waals surface area contributed by atoms with Crippen LogP contribution in [0.15, 0.2) is 83.8 Å². The zero-order chi connectivity index (χ0) is 25.9. The van der Waals surface area contributed by atoms with Gasteiger partial charge in [-0.1, -0.05) is 48.5 Å². The first kappa shape index (κ1) is 25.1. The first-order valence-corrected chi connectivity index (χ1v) is 12.8. The number of rotatable bonds is 8. The number of aryl methyl sites for hydroxylation is 1. The number of hydrogen-bond donors (Lipinski definition) is 1. The van der Waals surface area contributed by atoms with Gasteiger partial charge in [-0.2, -0.15) is 0 Å². The van der Waals surface area contributed by atoms with Crippen molar-refractivity contribution in [2.45, 2.75) is 18.7 Å². The molecular weight excluding hydrogens is 476 g/mol. The predicted octanol–water partition coefficient (Wildman–Crippen LogP) is 5.31. The highest BCUT2D eigenvalue weighted by Crippen LogP contribution is 2.33. The maximum absolute atomic E-state index is 14.1. The number of nitrogens with one attached hydrogen (secondary N) is 1. The molecule has 8 heteroatoms. The normalized spacial score (nSPS) is 11.2. The molecule has 4 aromatic carbocycles. The average molecular weight is 505 g/mol. The third-order valence-corrected chi connectivity index (χ3v) is 7.93. The number of anilines is 2. The Balaban J connectivity index is 1.76. The standard InChI is InChI=1S/C28H28N2O5S/c1-19-9-7-13-24(20(19)2)30(18-28(31)29-22-15-16-25(34-3)26(17-22)35-4)36(32,33)27-14-8-11-21-10-5-6-12-23(21)27/h5-17H,18H2,1-4H3,(H,29,31). The van der Waals surface area contributed by atoms with Crippen LogP contribution in [0.3, 0.4) is 0 Å². The number of carbonyl (C=O) groups is 1. The molecule has 4 rings (SSSR count). The van der Waals surface area contributed by atoms with E-state index in [1.165, 1.54) is 18.5 Å². The summed E-state index contributed by atoms with van der Waals surface area (Å²) >= 11 is 0. The lowest BCUT2D eigenvalue weighted by molar-refractivity contribution is -0.114. The molecule has 7 nitrogen and oxygen atoms in total. The molecule has 0 unspecified atom stereocenters. The van der Waals surface area contributed by atoms with Crippen LogP contribution in [-0.2, 0) is 14.8 Å². The Morgan fingerprint density at radius 1 is 0.861 bits per heavy atom. The van der Waals surface area contributed by atoms with E-state index in [-0.39, 0.29) is 4.90 Å². The summed E-state index contributed by atoms with van der Waals surface area (Å²) in [4.78, 5) is 13.3. The number of benzene rings is 4. The van der Waals surface area contributed by atoms with Crippen molar-refractivity contribution in [3.8, 4) is 11.5 Å². The van der Waals surface area contributed by atoms with Crippen molar-refractivity contribution >= 4 is 38.1 Å². The predicted molar refractivity (Wildman–Crippen MR) is 143 cm³/mol. The van der Waals surface area contributed by atoms with Gasteiger partial charge in [0.25, 0.3) is 10.0 Å². The van der Waals surface area contributed by atoms with Crippen LogP contribution < -0.4 is 19.1 Å². The third kappa shape index (κ3) is 4.85. The van der Waals surface area contributed by atoms with Gasteiger partial charge in [0.15, 0.2) is 11.5 Å². The molecule has 1 amide bonds. The Hall–Kier alpha value is -4.04. The molecule has 0 heterocycles. The summed E-state index contributed by atoms with van der Waals surface area (Å²) in [5.74, 6) is 0.475. The highest BCUT2D eigenvalue weighted by Gasteiger charge is 2.30. The molecule has 0 aromatic heterocycles. The SMILES string of the molecule is COc1ccc(NC(=O)CN(c2cccc(C)c2C)S(=O)(=O)c2cccc3ccccc23)cc1OC. The number of amides is 1. The van der Waals surface area contributed by atoms with Gasteiger partial charge in [0, 0.05) is 17.1 Å². The third-order valence-electron chi connectivity index (χ3n) is 6.12. The quantitative estimate of drug-likeness (QED) is 0.352. The molecule has 0 bridgehead atoms. The second kappa shape index (κ2) is 10.3. The van der Waals surface area contributed by atoms with Gasteiger partial charge in [-0.25, -0.2) is 8.42 Å². The molecule has 0 aliphatic rings. The number of nitrogens with zero attached hydrogens (tertiary/aromatic N) is 1. The number of methoxy groups -OCH3 is 2. The summed E-state index contributed by atoms with van der Waals surface area (Å²) in [7, 11) is -1.08. The minimum Gasteiger partial charge on any atom is -0.493 e. The lowest BCUT2D eigenvalue weighted by Gasteiger charge is -2.27. The molecule has 0 aliphatic heterocycles. The molecule has 0 aliphatic carbocycles. The van der Waals surface area contributed by atoms with Crippen molar-refractivity contribution in [1.29, 1.82) is 0 Å². The van der Waals surface area contributed by atoms with E-state index < -0.39 is 22.5 Å². The van der Waals surface area contributed by atoms with Crippen molar-refractivity contribution in [1.82, 2.24) is 0 Å². The average Bonchev–Trinajstić information content (AvgIpc) is 2.88. The van der Waals surface area contributed by atoms with Crippen molar-refractivity contribution in [2.75, 3.05) is 30.4 Å². The molecule has 4 aromatic rings. The maximum atomic E-state index is 14.1. The largest absolute Gasteiger partial charge is 0.493 e. The Labute approximate surface area is 211 Å². The molecule has 0 saturated carbocycles. The van der Waals surface area contributed by atoms with E-state index in [9.17, 15) is 13.2 Å². The zero-order valence-electron chi connectivity index (χ0n) is 20.6. The van der Waals surface area contributed by atoms with E-state index in [0.29, 0.717) is 28.3 Å². The monoisotopic (exact) mass is 504 g/mol. The van der Waals surface area contributed by atoms with E-state index in [2.05, 4.69) is 5.32 Å². The number of hydrogen-bond acceptors (Lipinski definition) is 5. The fourth-order valence-electron chi connectivity index (χ4n) is 4.09. The van der Waals surface area contributed by atoms with Crippen molar-refractivity contribution in [2.24, 2.45) is 0 Å². The molecule has 0 atom stereocenters. The van der Waals surface area contributed by atoms with Gasteiger partial charge in [0.2, 0.25) is 5.91 Å². The number of ether oxygens (including phenoxy) is 2. The van der Waals surface area contributed by atoms with E-state index in [0.717, 1.165) is 16.5 Å². The summed E-state index contributed by atoms with van der Waals surface area (Å²) in [5.41, 5.74) is 2.61. The van der Waals surface area contributed by atoms with E-state index in [1.807, 2.05) is 38.1 Å². The summed E-state index contributed by atoms with van der Waals surface area (Å²) in [5, 5.41) is 4.18. The van der Waals surface area contributed by atoms with Gasteiger partial charge in [-0.05, 0) is 54.6 Å². The number of sulfonamides is 1. The van der Waals surface area contributed by atoms with Gasteiger partial charge < -0.3 is 14.8 Å². The van der Waals surface area contributed by atoms with Gasteiger partial charge >= 0.3 is 0 Å². The minimum atomic E-state index is -4.10. The van der Waals surface area contributed by atoms with E-state index >= 15 is 0 Å². The van der Waals surface area contributed by atoms with Crippen molar-refractivity contribution in [3.05, 3.63) is 90.0 Å². The van der Waals surface area contributed by atoms with Gasteiger partial charge in [0.05, 0.1) is 24.8 Å². The lowest BCUT2D eigenvalue weighted by atomic mass is 10.1. The molecular formula is C28H28N2O5S. The van der Waals surface area contributed by atoms with Gasteiger partial charge in [0.1, 0.15) is 6.54 Å². The molecule has 186 valence electrons. The first-order valence-electron chi connectivity index (χ1n) is 11.3. The smallest absolute Gasteiger partial charge is 0.265 e. The molecule has 0 radical (unpaired) electrons.